The Labute approximate surface area is 72.7 Å². The lowest BCUT2D eigenvalue weighted by Gasteiger charge is -1.99. The standard InChI is InChI=1S/C11H12O/c1-10-6-2-3-7-11(10)8-4-5-9-12/h2-7,9H,8H2,1H3. The van der Waals surface area contributed by atoms with Gasteiger partial charge in [-0.3, -0.25) is 4.79 Å². The molecule has 0 aliphatic carbocycles. The molecule has 0 radical (unpaired) electrons. The van der Waals surface area contributed by atoms with E-state index in [4.69, 9.17) is 0 Å². The number of rotatable bonds is 3. The Morgan fingerprint density at radius 1 is 1.33 bits per heavy atom. The summed E-state index contributed by atoms with van der Waals surface area (Å²) in [6, 6.07) is 8.17. The molecule has 1 heteroatoms. The lowest BCUT2D eigenvalue weighted by molar-refractivity contribution is -0.104. The van der Waals surface area contributed by atoms with Gasteiger partial charge >= 0.3 is 0 Å². The van der Waals surface area contributed by atoms with Crippen molar-refractivity contribution in [2.75, 3.05) is 0 Å². The maximum absolute atomic E-state index is 9.99. The summed E-state index contributed by atoms with van der Waals surface area (Å²) in [4.78, 5) is 9.99. The fourth-order valence-corrected chi connectivity index (χ4v) is 1.09. The molecule has 1 aromatic carbocycles. The first kappa shape index (κ1) is 8.72. The van der Waals surface area contributed by atoms with Crippen molar-refractivity contribution in [2.45, 2.75) is 13.3 Å². The number of hydrogen-bond acceptors (Lipinski definition) is 1. The van der Waals surface area contributed by atoms with Crippen molar-refractivity contribution >= 4 is 6.29 Å². The monoisotopic (exact) mass is 160 g/mol. The predicted molar refractivity (Wildman–Crippen MR) is 50.1 cm³/mol. The average Bonchev–Trinajstić information content (AvgIpc) is 2.09. The number of allylic oxidation sites excluding steroid dienone is 2. The normalized spacial score (nSPS) is 10.4. The molecular weight excluding hydrogens is 148 g/mol. The van der Waals surface area contributed by atoms with E-state index in [0.717, 1.165) is 12.7 Å². The Kier molecular flexibility index (Phi) is 3.27. The van der Waals surface area contributed by atoms with Gasteiger partial charge in [0.25, 0.3) is 0 Å². The SMILES string of the molecule is Cc1ccccc1CC=CC=O. The summed E-state index contributed by atoms with van der Waals surface area (Å²) in [5.41, 5.74) is 2.55. The summed E-state index contributed by atoms with van der Waals surface area (Å²) in [6.07, 6.45) is 5.05. The second kappa shape index (κ2) is 4.50. The lowest BCUT2D eigenvalue weighted by atomic mass is 10.1. The molecule has 62 valence electrons. The number of carbonyl (C=O) groups excluding carboxylic acids is 1. The molecule has 0 bridgehead atoms. The lowest BCUT2D eigenvalue weighted by Crippen LogP contribution is -1.85. The third-order valence-corrected chi connectivity index (χ3v) is 1.81. The van der Waals surface area contributed by atoms with E-state index < -0.39 is 0 Å². The average molecular weight is 160 g/mol. The van der Waals surface area contributed by atoms with Crippen LogP contribution in [0.2, 0.25) is 0 Å². The van der Waals surface area contributed by atoms with Crippen molar-refractivity contribution in [1.82, 2.24) is 0 Å². The van der Waals surface area contributed by atoms with Crippen molar-refractivity contribution < 1.29 is 4.79 Å². The first-order valence-corrected chi connectivity index (χ1v) is 3.99. The number of benzene rings is 1. The molecule has 0 N–H and O–H groups in total. The first-order chi connectivity index (χ1) is 5.84. The summed E-state index contributed by atoms with van der Waals surface area (Å²) in [5, 5.41) is 0. The van der Waals surface area contributed by atoms with Crippen molar-refractivity contribution in [3.8, 4) is 0 Å². The van der Waals surface area contributed by atoms with E-state index in [1.807, 2.05) is 18.2 Å². The van der Waals surface area contributed by atoms with Gasteiger partial charge in [0, 0.05) is 0 Å². The summed E-state index contributed by atoms with van der Waals surface area (Å²) in [5.74, 6) is 0. The minimum absolute atomic E-state index is 0.804. The maximum Gasteiger partial charge on any atom is 0.142 e. The van der Waals surface area contributed by atoms with E-state index in [-0.39, 0.29) is 0 Å². The van der Waals surface area contributed by atoms with Crippen LogP contribution in [0.1, 0.15) is 11.1 Å². The molecule has 0 saturated carbocycles. The molecular formula is C11H12O. The molecule has 0 saturated heterocycles. The molecule has 0 amide bonds. The van der Waals surface area contributed by atoms with Crippen LogP contribution in [0.3, 0.4) is 0 Å². The zero-order valence-corrected chi connectivity index (χ0v) is 7.16. The van der Waals surface area contributed by atoms with Crippen molar-refractivity contribution in [3.05, 3.63) is 47.5 Å². The third-order valence-electron chi connectivity index (χ3n) is 1.81. The molecule has 1 rings (SSSR count). The Hall–Kier alpha value is -1.37. The van der Waals surface area contributed by atoms with Gasteiger partial charge < -0.3 is 0 Å². The third kappa shape index (κ3) is 2.35. The van der Waals surface area contributed by atoms with Crippen LogP contribution >= 0.6 is 0 Å². The molecule has 0 fully saturated rings. The zero-order valence-electron chi connectivity index (χ0n) is 7.16. The van der Waals surface area contributed by atoms with Crippen LogP contribution in [-0.2, 0) is 11.2 Å². The van der Waals surface area contributed by atoms with Gasteiger partial charge in [0.2, 0.25) is 0 Å². The van der Waals surface area contributed by atoms with Crippen molar-refractivity contribution in [2.24, 2.45) is 0 Å². The van der Waals surface area contributed by atoms with E-state index in [1.54, 1.807) is 0 Å². The largest absolute Gasteiger partial charge is 0.299 e. The summed E-state index contributed by atoms with van der Waals surface area (Å²) in [7, 11) is 0. The fraction of sp³-hybridized carbons (Fsp3) is 0.182. The van der Waals surface area contributed by atoms with Crippen LogP contribution in [0.4, 0.5) is 0 Å². The van der Waals surface area contributed by atoms with E-state index in [9.17, 15) is 4.79 Å². The highest BCUT2D eigenvalue weighted by Crippen LogP contribution is 2.07. The second-order valence-electron chi connectivity index (χ2n) is 2.69. The van der Waals surface area contributed by atoms with Crippen LogP contribution < -0.4 is 0 Å². The Morgan fingerprint density at radius 2 is 2.08 bits per heavy atom. The van der Waals surface area contributed by atoms with Crippen LogP contribution in [0.5, 0.6) is 0 Å². The highest BCUT2D eigenvalue weighted by molar-refractivity contribution is 5.64. The Balaban J connectivity index is 2.69. The van der Waals surface area contributed by atoms with E-state index in [0.29, 0.717) is 0 Å². The Bertz CT molecular complexity index is 287. The number of aldehydes is 1. The van der Waals surface area contributed by atoms with Gasteiger partial charge in [0.15, 0.2) is 0 Å². The highest BCUT2D eigenvalue weighted by Gasteiger charge is 1.91. The van der Waals surface area contributed by atoms with Crippen molar-refractivity contribution in [1.29, 1.82) is 0 Å². The maximum atomic E-state index is 9.99. The predicted octanol–water partition coefficient (Wildman–Crippen LogP) is 2.29. The van der Waals surface area contributed by atoms with Gasteiger partial charge in [-0.2, -0.15) is 0 Å². The van der Waals surface area contributed by atoms with E-state index in [1.165, 1.54) is 17.2 Å². The summed E-state index contributed by atoms with van der Waals surface area (Å²) < 4.78 is 0. The van der Waals surface area contributed by atoms with E-state index in [2.05, 4.69) is 19.1 Å². The zero-order chi connectivity index (χ0) is 8.81. The fourth-order valence-electron chi connectivity index (χ4n) is 1.09. The van der Waals surface area contributed by atoms with E-state index >= 15 is 0 Å². The Morgan fingerprint density at radius 3 is 2.75 bits per heavy atom. The first-order valence-electron chi connectivity index (χ1n) is 3.99. The molecule has 0 aliphatic heterocycles. The molecule has 0 aromatic heterocycles. The summed E-state index contributed by atoms with van der Waals surface area (Å²) in [6.45, 7) is 2.07. The quantitative estimate of drug-likeness (QED) is 0.489. The molecule has 1 aromatic rings. The van der Waals surface area contributed by atoms with Gasteiger partial charge in [-0.1, -0.05) is 30.3 Å². The van der Waals surface area contributed by atoms with Gasteiger partial charge in [0.05, 0.1) is 0 Å². The van der Waals surface area contributed by atoms with Crippen LogP contribution in [0, 0.1) is 6.92 Å². The van der Waals surface area contributed by atoms with Gasteiger partial charge in [0.1, 0.15) is 6.29 Å². The minimum Gasteiger partial charge on any atom is -0.299 e. The highest BCUT2D eigenvalue weighted by atomic mass is 16.1. The van der Waals surface area contributed by atoms with Crippen LogP contribution in [0.25, 0.3) is 0 Å². The second-order valence-corrected chi connectivity index (χ2v) is 2.69. The van der Waals surface area contributed by atoms with Crippen LogP contribution in [0.15, 0.2) is 36.4 Å². The van der Waals surface area contributed by atoms with Crippen LogP contribution in [-0.4, -0.2) is 6.29 Å². The molecule has 12 heavy (non-hydrogen) atoms. The van der Waals surface area contributed by atoms with Gasteiger partial charge in [-0.25, -0.2) is 0 Å². The topological polar surface area (TPSA) is 17.1 Å². The number of carbonyl (C=O) groups is 1. The van der Waals surface area contributed by atoms with Crippen molar-refractivity contribution in [3.63, 3.8) is 0 Å². The smallest absolute Gasteiger partial charge is 0.142 e. The molecule has 0 atom stereocenters. The molecule has 0 aliphatic rings. The minimum atomic E-state index is 0.804. The molecule has 0 unspecified atom stereocenters. The molecule has 0 spiro atoms. The number of hydrogen-bond donors (Lipinski definition) is 0. The number of aryl methyl sites for hydroxylation is 1. The van der Waals surface area contributed by atoms with Gasteiger partial charge in [-0.15, -0.1) is 0 Å². The van der Waals surface area contributed by atoms with Gasteiger partial charge in [-0.05, 0) is 30.5 Å². The summed E-state index contributed by atoms with van der Waals surface area (Å²) >= 11 is 0. The molecule has 0 heterocycles. The molecule has 1 nitrogen and oxygen atoms in total.